The number of thiophene rings is 1. The third kappa shape index (κ3) is 5.80. The summed E-state index contributed by atoms with van der Waals surface area (Å²) in [6, 6.07) is 13.9. The Morgan fingerprint density at radius 3 is 2.70 bits per heavy atom. The van der Waals surface area contributed by atoms with E-state index in [1.807, 2.05) is 43.3 Å². The van der Waals surface area contributed by atoms with E-state index in [4.69, 9.17) is 0 Å². The smallest absolute Gasteiger partial charge is 0.191 e. The van der Waals surface area contributed by atoms with Crippen molar-refractivity contribution >= 4 is 28.1 Å². The number of nitrogens with zero attached hydrogens (tertiary/aromatic N) is 1. The van der Waals surface area contributed by atoms with Crippen LogP contribution in [0.1, 0.15) is 24.8 Å². The summed E-state index contributed by atoms with van der Waals surface area (Å²) in [5.41, 5.74) is 0. The molecule has 2 atom stereocenters. The molecule has 2 aromatic rings. The maximum absolute atomic E-state index is 12.2. The van der Waals surface area contributed by atoms with Gasteiger partial charge in [0.05, 0.1) is 23.4 Å². The predicted octanol–water partition coefficient (Wildman–Crippen LogP) is 3.17. The number of rotatable bonds is 7. The van der Waals surface area contributed by atoms with Gasteiger partial charge in [-0.3, -0.25) is 9.20 Å². The molecule has 2 rings (SSSR count). The van der Waals surface area contributed by atoms with Crippen molar-refractivity contribution in [1.82, 2.24) is 10.6 Å². The lowest BCUT2D eigenvalue weighted by molar-refractivity contribution is 0.681. The molecule has 4 nitrogen and oxygen atoms in total. The minimum Gasteiger partial charge on any atom is -0.357 e. The summed E-state index contributed by atoms with van der Waals surface area (Å²) in [5, 5.41) is 8.69. The summed E-state index contributed by atoms with van der Waals surface area (Å²) < 4.78 is 12.2. The van der Waals surface area contributed by atoms with Gasteiger partial charge >= 0.3 is 0 Å². The molecule has 1 aromatic carbocycles. The number of aliphatic imine (C=N–C) groups is 1. The summed E-state index contributed by atoms with van der Waals surface area (Å²) in [4.78, 5) is 6.66. The van der Waals surface area contributed by atoms with Crippen molar-refractivity contribution in [3.8, 4) is 0 Å². The van der Waals surface area contributed by atoms with E-state index in [0.29, 0.717) is 12.3 Å². The standard InChI is InChI=1S/C17H23N3OS2/c1-3-18-17(20-14(2)16-10-7-12-22-16)19-11-13-23(21)15-8-5-4-6-9-15/h4-10,12,14H,3,11,13H2,1-2H3,(H2,18,19,20). The zero-order valence-electron chi connectivity index (χ0n) is 13.5. The van der Waals surface area contributed by atoms with Gasteiger partial charge < -0.3 is 10.6 Å². The molecular weight excluding hydrogens is 326 g/mol. The number of hydrogen-bond acceptors (Lipinski definition) is 3. The molecule has 0 amide bonds. The number of nitrogens with one attached hydrogen (secondary N) is 2. The molecule has 0 saturated heterocycles. The van der Waals surface area contributed by atoms with E-state index >= 15 is 0 Å². The molecule has 2 unspecified atom stereocenters. The monoisotopic (exact) mass is 349 g/mol. The highest BCUT2D eigenvalue weighted by Crippen LogP contribution is 2.17. The second kappa shape index (κ2) is 9.47. The van der Waals surface area contributed by atoms with E-state index in [0.717, 1.165) is 17.4 Å². The van der Waals surface area contributed by atoms with Gasteiger partial charge in [-0.1, -0.05) is 24.3 Å². The third-order valence-corrected chi connectivity index (χ3v) is 5.63. The van der Waals surface area contributed by atoms with Crippen LogP contribution in [0.3, 0.4) is 0 Å². The molecule has 0 spiro atoms. The highest BCUT2D eigenvalue weighted by molar-refractivity contribution is 7.85. The van der Waals surface area contributed by atoms with Crippen LogP contribution >= 0.6 is 11.3 Å². The Kier molecular flexibility index (Phi) is 7.29. The summed E-state index contributed by atoms with van der Waals surface area (Å²) in [7, 11) is -1.01. The van der Waals surface area contributed by atoms with Gasteiger partial charge in [-0.05, 0) is 37.4 Å². The normalized spacial score (nSPS) is 14.3. The highest BCUT2D eigenvalue weighted by atomic mass is 32.2. The number of hydrogen-bond donors (Lipinski definition) is 2. The molecule has 0 radical (unpaired) electrons. The van der Waals surface area contributed by atoms with Crippen LogP contribution in [-0.2, 0) is 10.8 Å². The molecule has 1 aromatic heterocycles. The van der Waals surface area contributed by atoms with E-state index in [1.54, 1.807) is 11.3 Å². The topological polar surface area (TPSA) is 53.5 Å². The van der Waals surface area contributed by atoms with Gasteiger partial charge in [0.2, 0.25) is 0 Å². The van der Waals surface area contributed by atoms with Gasteiger partial charge in [-0.15, -0.1) is 11.3 Å². The van der Waals surface area contributed by atoms with Crippen molar-refractivity contribution in [2.24, 2.45) is 4.99 Å². The first-order valence-electron chi connectivity index (χ1n) is 7.72. The lowest BCUT2D eigenvalue weighted by Crippen LogP contribution is -2.38. The van der Waals surface area contributed by atoms with Crippen LogP contribution in [0.2, 0.25) is 0 Å². The first-order chi connectivity index (χ1) is 11.2. The summed E-state index contributed by atoms with van der Waals surface area (Å²) in [5.74, 6) is 1.28. The van der Waals surface area contributed by atoms with Gasteiger partial charge in [-0.2, -0.15) is 0 Å². The summed E-state index contributed by atoms with van der Waals surface area (Å²) in [6.07, 6.45) is 0. The van der Waals surface area contributed by atoms with Crippen molar-refractivity contribution < 1.29 is 4.21 Å². The Hall–Kier alpha value is -1.66. The lowest BCUT2D eigenvalue weighted by atomic mass is 10.3. The Morgan fingerprint density at radius 1 is 1.26 bits per heavy atom. The average molecular weight is 350 g/mol. The van der Waals surface area contributed by atoms with Crippen LogP contribution in [0.5, 0.6) is 0 Å². The van der Waals surface area contributed by atoms with Crippen LogP contribution in [0.25, 0.3) is 0 Å². The molecular formula is C17H23N3OS2. The van der Waals surface area contributed by atoms with Crippen LogP contribution < -0.4 is 10.6 Å². The molecule has 0 aliphatic carbocycles. The van der Waals surface area contributed by atoms with Crippen LogP contribution in [0.4, 0.5) is 0 Å². The first-order valence-corrected chi connectivity index (χ1v) is 9.92. The minimum absolute atomic E-state index is 0.201. The molecule has 0 bridgehead atoms. The Balaban J connectivity index is 1.89. The molecule has 6 heteroatoms. The fourth-order valence-corrected chi connectivity index (χ4v) is 3.75. The molecule has 23 heavy (non-hydrogen) atoms. The molecule has 2 N–H and O–H groups in total. The predicted molar refractivity (Wildman–Crippen MR) is 99.6 cm³/mol. The Bertz CT molecular complexity index is 627. The second-order valence-electron chi connectivity index (χ2n) is 5.00. The molecule has 0 aliphatic rings. The van der Waals surface area contributed by atoms with Gasteiger partial charge in [0.25, 0.3) is 0 Å². The number of benzene rings is 1. The first kappa shape index (κ1) is 17.7. The van der Waals surface area contributed by atoms with Crippen LogP contribution in [0.15, 0.2) is 57.7 Å². The van der Waals surface area contributed by atoms with Gasteiger partial charge in [0, 0.05) is 22.1 Å². The number of guanidine groups is 1. The Morgan fingerprint density at radius 2 is 2.04 bits per heavy atom. The van der Waals surface area contributed by atoms with Crippen molar-refractivity contribution in [2.75, 3.05) is 18.8 Å². The zero-order valence-corrected chi connectivity index (χ0v) is 15.1. The third-order valence-electron chi connectivity index (χ3n) is 3.22. The van der Waals surface area contributed by atoms with E-state index in [2.05, 4.69) is 34.0 Å². The largest absolute Gasteiger partial charge is 0.357 e. The van der Waals surface area contributed by atoms with Crippen LogP contribution in [0, 0.1) is 0 Å². The van der Waals surface area contributed by atoms with Gasteiger partial charge in [0.1, 0.15) is 0 Å². The maximum Gasteiger partial charge on any atom is 0.191 e. The van der Waals surface area contributed by atoms with Gasteiger partial charge in [-0.25, -0.2) is 0 Å². The molecule has 0 saturated carbocycles. The molecule has 1 heterocycles. The highest BCUT2D eigenvalue weighted by Gasteiger charge is 2.08. The molecule has 0 aliphatic heterocycles. The van der Waals surface area contributed by atoms with E-state index in [9.17, 15) is 4.21 Å². The van der Waals surface area contributed by atoms with Crippen LogP contribution in [-0.4, -0.2) is 29.0 Å². The fraction of sp³-hybridized carbons (Fsp3) is 0.353. The zero-order chi connectivity index (χ0) is 16.5. The summed E-state index contributed by atoms with van der Waals surface area (Å²) in [6.45, 7) is 5.47. The van der Waals surface area contributed by atoms with Crippen molar-refractivity contribution in [3.63, 3.8) is 0 Å². The van der Waals surface area contributed by atoms with Crippen molar-refractivity contribution in [1.29, 1.82) is 0 Å². The maximum atomic E-state index is 12.2. The van der Waals surface area contributed by atoms with E-state index in [-0.39, 0.29) is 6.04 Å². The molecule has 0 fully saturated rings. The van der Waals surface area contributed by atoms with Gasteiger partial charge in [0.15, 0.2) is 5.96 Å². The fourth-order valence-electron chi connectivity index (χ4n) is 2.06. The van der Waals surface area contributed by atoms with Crippen molar-refractivity contribution in [2.45, 2.75) is 24.8 Å². The SMILES string of the molecule is CCNC(=NCCS(=O)c1ccccc1)NC(C)c1cccs1. The minimum atomic E-state index is -1.01. The summed E-state index contributed by atoms with van der Waals surface area (Å²) >= 11 is 1.72. The second-order valence-corrected chi connectivity index (χ2v) is 7.55. The Labute approximate surface area is 144 Å². The van der Waals surface area contributed by atoms with E-state index < -0.39 is 10.8 Å². The lowest BCUT2D eigenvalue weighted by Gasteiger charge is -2.16. The molecule has 124 valence electrons. The average Bonchev–Trinajstić information content (AvgIpc) is 3.10. The van der Waals surface area contributed by atoms with E-state index in [1.165, 1.54) is 4.88 Å². The van der Waals surface area contributed by atoms with Crippen molar-refractivity contribution in [3.05, 3.63) is 52.7 Å². The quantitative estimate of drug-likeness (QED) is 0.596.